The van der Waals surface area contributed by atoms with Crippen LogP contribution in [0.15, 0.2) is 41.0 Å². The number of rotatable bonds is 5. The van der Waals surface area contributed by atoms with Crippen LogP contribution in [0.3, 0.4) is 0 Å². The van der Waals surface area contributed by atoms with Gasteiger partial charge in [-0.25, -0.2) is 0 Å². The van der Waals surface area contributed by atoms with Crippen molar-refractivity contribution in [3.8, 4) is 0 Å². The van der Waals surface area contributed by atoms with Crippen LogP contribution in [0.4, 0.5) is 5.69 Å². The van der Waals surface area contributed by atoms with Crippen LogP contribution in [0.1, 0.15) is 28.1 Å². The molecule has 5 heteroatoms. The Balaban J connectivity index is 1.96. The molecule has 2 rings (SSSR count). The molecule has 20 heavy (non-hydrogen) atoms. The Kier molecular flexibility index (Phi) is 4.20. The van der Waals surface area contributed by atoms with Crippen molar-refractivity contribution in [2.75, 3.05) is 5.32 Å². The number of anilines is 1. The summed E-state index contributed by atoms with van der Waals surface area (Å²) in [5, 5.41) is 11.4. The second-order valence-corrected chi connectivity index (χ2v) is 4.49. The third-order valence-corrected chi connectivity index (χ3v) is 2.83. The Morgan fingerprint density at radius 2 is 1.95 bits per heavy atom. The van der Waals surface area contributed by atoms with Crippen molar-refractivity contribution in [3.63, 3.8) is 0 Å². The van der Waals surface area contributed by atoms with E-state index in [-0.39, 0.29) is 12.3 Å². The van der Waals surface area contributed by atoms with E-state index in [0.29, 0.717) is 23.4 Å². The van der Waals surface area contributed by atoms with Gasteiger partial charge in [-0.2, -0.15) is 0 Å². The number of carbonyl (C=O) groups excluding carboxylic acids is 1. The molecule has 104 valence electrons. The van der Waals surface area contributed by atoms with Crippen LogP contribution in [0.5, 0.6) is 0 Å². The van der Waals surface area contributed by atoms with E-state index < -0.39 is 5.97 Å². The average molecular weight is 273 g/mol. The van der Waals surface area contributed by atoms with Gasteiger partial charge in [-0.1, -0.05) is 12.1 Å². The number of benzene rings is 1. The normalized spacial score (nSPS) is 10.2. The van der Waals surface area contributed by atoms with Gasteiger partial charge < -0.3 is 14.8 Å². The molecule has 0 spiro atoms. The van der Waals surface area contributed by atoms with E-state index >= 15 is 0 Å². The second kappa shape index (κ2) is 6.06. The van der Waals surface area contributed by atoms with Gasteiger partial charge in [0.15, 0.2) is 0 Å². The maximum atomic E-state index is 11.9. The van der Waals surface area contributed by atoms with Crippen LogP contribution in [0.25, 0.3) is 0 Å². The number of carboxylic acids is 1. The maximum absolute atomic E-state index is 11.9. The molecular formula is C15H15NO4. The summed E-state index contributed by atoms with van der Waals surface area (Å²) in [5.74, 6) is -0.378. The molecule has 2 aromatic rings. The molecule has 1 amide bonds. The molecule has 1 heterocycles. The van der Waals surface area contributed by atoms with Gasteiger partial charge in [-0.3, -0.25) is 9.59 Å². The van der Waals surface area contributed by atoms with E-state index in [1.54, 1.807) is 37.3 Å². The number of aryl methyl sites for hydroxylation is 2. The van der Waals surface area contributed by atoms with Crippen LogP contribution < -0.4 is 5.32 Å². The van der Waals surface area contributed by atoms with Gasteiger partial charge in [0.1, 0.15) is 12.0 Å². The highest BCUT2D eigenvalue weighted by atomic mass is 16.4. The number of carbonyl (C=O) groups is 2. The Bertz CT molecular complexity index is 613. The number of amides is 1. The molecule has 0 aliphatic heterocycles. The third kappa shape index (κ3) is 3.71. The summed E-state index contributed by atoms with van der Waals surface area (Å²) in [6.07, 6.45) is 1.98. The Morgan fingerprint density at radius 3 is 2.50 bits per heavy atom. The minimum Gasteiger partial charge on any atom is -0.481 e. The first-order valence-electron chi connectivity index (χ1n) is 6.22. The van der Waals surface area contributed by atoms with Crippen molar-refractivity contribution in [1.82, 2.24) is 0 Å². The number of nitrogens with one attached hydrogen (secondary N) is 1. The molecule has 1 aromatic carbocycles. The van der Waals surface area contributed by atoms with Gasteiger partial charge in [-0.15, -0.1) is 0 Å². The monoisotopic (exact) mass is 273 g/mol. The predicted molar refractivity (Wildman–Crippen MR) is 73.8 cm³/mol. The molecule has 0 radical (unpaired) electrons. The largest absolute Gasteiger partial charge is 0.481 e. The molecule has 0 fully saturated rings. The summed E-state index contributed by atoms with van der Waals surface area (Å²) in [7, 11) is 0. The molecule has 0 unspecified atom stereocenters. The molecule has 0 aliphatic rings. The first-order valence-corrected chi connectivity index (χ1v) is 6.22. The zero-order chi connectivity index (χ0) is 14.5. The number of carboxylic acid groups (broad SMARTS) is 1. The summed E-state index contributed by atoms with van der Waals surface area (Å²) >= 11 is 0. The predicted octanol–water partition coefficient (Wildman–Crippen LogP) is 2.86. The van der Waals surface area contributed by atoms with Crippen molar-refractivity contribution >= 4 is 17.6 Å². The third-order valence-electron chi connectivity index (χ3n) is 2.83. The lowest BCUT2D eigenvalue weighted by molar-refractivity contribution is -0.136. The van der Waals surface area contributed by atoms with E-state index in [9.17, 15) is 9.59 Å². The van der Waals surface area contributed by atoms with E-state index in [1.807, 2.05) is 0 Å². The van der Waals surface area contributed by atoms with Gasteiger partial charge in [0.2, 0.25) is 0 Å². The summed E-state index contributed by atoms with van der Waals surface area (Å²) in [6.45, 7) is 1.77. The standard InChI is InChI=1S/C15H15NO4/c1-10-8-12(9-20-10)15(19)16-13-5-2-11(3-6-13)4-7-14(17)18/h2-3,5-6,8-9H,4,7H2,1H3,(H,16,19)(H,17,18). The highest BCUT2D eigenvalue weighted by molar-refractivity contribution is 6.04. The average Bonchev–Trinajstić information content (AvgIpc) is 2.85. The van der Waals surface area contributed by atoms with E-state index in [0.717, 1.165) is 5.56 Å². The zero-order valence-electron chi connectivity index (χ0n) is 11.1. The van der Waals surface area contributed by atoms with Crippen LogP contribution in [-0.2, 0) is 11.2 Å². The molecular weight excluding hydrogens is 258 g/mol. The molecule has 0 atom stereocenters. The van der Waals surface area contributed by atoms with Crippen molar-refractivity contribution in [2.24, 2.45) is 0 Å². The quantitative estimate of drug-likeness (QED) is 0.877. The lowest BCUT2D eigenvalue weighted by atomic mass is 10.1. The van der Waals surface area contributed by atoms with Crippen LogP contribution in [-0.4, -0.2) is 17.0 Å². The number of furan rings is 1. The first kappa shape index (κ1) is 13.9. The molecule has 0 saturated carbocycles. The molecule has 2 N–H and O–H groups in total. The Labute approximate surface area is 116 Å². The van der Waals surface area contributed by atoms with E-state index in [1.165, 1.54) is 6.26 Å². The summed E-state index contributed by atoms with van der Waals surface area (Å²) in [4.78, 5) is 22.4. The fourth-order valence-electron chi connectivity index (χ4n) is 1.77. The van der Waals surface area contributed by atoms with Crippen molar-refractivity contribution in [1.29, 1.82) is 0 Å². The van der Waals surface area contributed by atoms with Crippen LogP contribution >= 0.6 is 0 Å². The zero-order valence-corrected chi connectivity index (χ0v) is 11.1. The highest BCUT2D eigenvalue weighted by Crippen LogP contribution is 2.14. The van der Waals surface area contributed by atoms with Gasteiger partial charge >= 0.3 is 5.97 Å². The number of hydrogen-bond donors (Lipinski definition) is 2. The number of aliphatic carboxylic acids is 1. The summed E-state index contributed by atoms with van der Waals surface area (Å²) < 4.78 is 5.08. The van der Waals surface area contributed by atoms with Gasteiger partial charge in [0, 0.05) is 12.1 Å². The maximum Gasteiger partial charge on any atom is 0.303 e. The topological polar surface area (TPSA) is 79.5 Å². The van der Waals surface area contributed by atoms with Gasteiger partial charge in [0.05, 0.1) is 5.56 Å². The molecule has 0 saturated heterocycles. The van der Waals surface area contributed by atoms with Crippen LogP contribution in [0, 0.1) is 6.92 Å². The van der Waals surface area contributed by atoms with E-state index in [4.69, 9.17) is 9.52 Å². The van der Waals surface area contributed by atoms with Crippen molar-refractivity contribution < 1.29 is 19.1 Å². The van der Waals surface area contributed by atoms with Gasteiger partial charge in [0.25, 0.3) is 5.91 Å². The highest BCUT2D eigenvalue weighted by Gasteiger charge is 2.08. The fraction of sp³-hybridized carbons (Fsp3) is 0.200. The van der Waals surface area contributed by atoms with E-state index in [2.05, 4.69) is 5.32 Å². The second-order valence-electron chi connectivity index (χ2n) is 4.49. The SMILES string of the molecule is Cc1cc(C(=O)Nc2ccc(CCC(=O)O)cc2)co1. The minimum atomic E-state index is -0.822. The fourth-order valence-corrected chi connectivity index (χ4v) is 1.77. The van der Waals surface area contributed by atoms with Crippen molar-refractivity contribution in [2.45, 2.75) is 19.8 Å². The number of hydrogen-bond acceptors (Lipinski definition) is 3. The lowest BCUT2D eigenvalue weighted by Crippen LogP contribution is -2.10. The molecule has 1 aromatic heterocycles. The lowest BCUT2D eigenvalue weighted by Gasteiger charge is -2.05. The Hall–Kier alpha value is -2.56. The van der Waals surface area contributed by atoms with Crippen molar-refractivity contribution in [3.05, 3.63) is 53.5 Å². The molecule has 5 nitrogen and oxygen atoms in total. The molecule has 0 aliphatic carbocycles. The minimum absolute atomic E-state index is 0.0972. The smallest absolute Gasteiger partial charge is 0.303 e. The Morgan fingerprint density at radius 1 is 1.25 bits per heavy atom. The summed E-state index contributed by atoms with van der Waals surface area (Å²) in [6, 6.07) is 8.78. The van der Waals surface area contributed by atoms with Crippen LogP contribution in [0.2, 0.25) is 0 Å². The first-order chi connectivity index (χ1) is 9.54. The van der Waals surface area contributed by atoms with Gasteiger partial charge in [-0.05, 0) is 37.1 Å². The molecule has 0 bridgehead atoms. The summed E-state index contributed by atoms with van der Waals surface area (Å²) in [5.41, 5.74) is 2.05.